The summed E-state index contributed by atoms with van der Waals surface area (Å²) in [5.74, 6) is 0. The summed E-state index contributed by atoms with van der Waals surface area (Å²) in [6.45, 7) is 2.55. The van der Waals surface area contributed by atoms with Crippen LogP contribution in [-0.2, 0) is 10.0 Å². The Kier molecular flexibility index (Phi) is 3.09. The van der Waals surface area contributed by atoms with Gasteiger partial charge < -0.3 is 4.98 Å². The van der Waals surface area contributed by atoms with Gasteiger partial charge in [-0.05, 0) is 30.7 Å². The van der Waals surface area contributed by atoms with Gasteiger partial charge in [0.15, 0.2) is 0 Å². The van der Waals surface area contributed by atoms with Gasteiger partial charge in [0.05, 0.1) is 4.90 Å². The molecule has 2 N–H and O–H groups in total. The Labute approximate surface area is 100 Å². The summed E-state index contributed by atoms with van der Waals surface area (Å²) in [6, 6.07) is 2.52. The van der Waals surface area contributed by atoms with Crippen LogP contribution >= 0.6 is 0 Å². The van der Waals surface area contributed by atoms with Crippen LogP contribution in [-0.4, -0.2) is 19.9 Å². The van der Waals surface area contributed by atoms with E-state index in [0.29, 0.717) is 6.54 Å². The maximum atomic E-state index is 11.9. The molecule has 5 nitrogen and oxygen atoms in total. The van der Waals surface area contributed by atoms with E-state index in [-0.39, 0.29) is 15.9 Å². The van der Waals surface area contributed by atoms with E-state index in [4.69, 9.17) is 0 Å². The first kappa shape index (κ1) is 12.3. The molecule has 1 fully saturated rings. The molecule has 1 aliphatic rings. The van der Waals surface area contributed by atoms with Crippen LogP contribution in [0.4, 0.5) is 0 Å². The molecule has 0 saturated heterocycles. The SMILES string of the molecule is CCC1(CNS(=O)(=O)c2ccc(=O)[nH]c2)CC1. The van der Waals surface area contributed by atoms with Crippen molar-refractivity contribution in [2.24, 2.45) is 5.41 Å². The third kappa shape index (κ3) is 2.76. The van der Waals surface area contributed by atoms with Crippen molar-refractivity contribution in [1.29, 1.82) is 0 Å². The highest BCUT2D eigenvalue weighted by molar-refractivity contribution is 7.89. The molecule has 1 aliphatic carbocycles. The highest BCUT2D eigenvalue weighted by Crippen LogP contribution is 2.48. The third-order valence-electron chi connectivity index (χ3n) is 3.41. The van der Waals surface area contributed by atoms with E-state index in [1.807, 2.05) is 0 Å². The largest absolute Gasteiger partial charge is 0.328 e. The van der Waals surface area contributed by atoms with Crippen LogP contribution in [0.2, 0.25) is 0 Å². The van der Waals surface area contributed by atoms with E-state index in [0.717, 1.165) is 19.3 Å². The van der Waals surface area contributed by atoms with Gasteiger partial charge in [0.2, 0.25) is 15.6 Å². The number of H-pyrrole nitrogens is 1. The number of aromatic nitrogens is 1. The summed E-state index contributed by atoms with van der Waals surface area (Å²) in [4.78, 5) is 13.3. The van der Waals surface area contributed by atoms with Crippen LogP contribution < -0.4 is 10.3 Å². The Bertz CT molecular complexity index is 538. The molecule has 6 heteroatoms. The van der Waals surface area contributed by atoms with Gasteiger partial charge in [-0.3, -0.25) is 4.79 Å². The van der Waals surface area contributed by atoms with Gasteiger partial charge in [0, 0.05) is 18.8 Å². The number of hydrogen-bond acceptors (Lipinski definition) is 3. The first-order valence-corrected chi connectivity index (χ1v) is 7.14. The summed E-state index contributed by atoms with van der Waals surface area (Å²) in [5, 5.41) is 0. The van der Waals surface area contributed by atoms with Gasteiger partial charge >= 0.3 is 0 Å². The fraction of sp³-hybridized carbons (Fsp3) is 0.545. The second kappa shape index (κ2) is 4.27. The summed E-state index contributed by atoms with van der Waals surface area (Å²) in [7, 11) is -3.50. The molecular formula is C11H16N2O3S. The molecule has 0 radical (unpaired) electrons. The van der Waals surface area contributed by atoms with Crippen molar-refractivity contribution in [3.05, 3.63) is 28.7 Å². The van der Waals surface area contributed by atoms with E-state index < -0.39 is 10.0 Å². The third-order valence-corrected chi connectivity index (χ3v) is 4.81. The topological polar surface area (TPSA) is 79.0 Å². The predicted molar refractivity (Wildman–Crippen MR) is 64.2 cm³/mol. The number of aromatic amines is 1. The fourth-order valence-electron chi connectivity index (χ4n) is 1.73. The molecule has 17 heavy (non-hydrogen) atoms. The minimum Gasteiger partial charge on any atom is -0.328 e. The number of nitrogens with one attached hydrogen (secondary N) is 2. The van der Waals surface area contributed by atoms with E-state index in [2.05, 4.69) is 16.6 Å². The second-order valence-corrected chi connectivity index (χ2v) is 6.33. The minimum absolute atomic E-state index is 0.101. The maximum absolute atomic E-state index is 11.9. The lowest BCUT2D eigenvalue weighted by atomic mass is 10.1. The maximum Gasteiger partial charge on any atom is 0.247 e. The summed E-state index contributed by atoms with van der Waals surface area (Å²) in [6.07, 6.45) is 4.37. The molecule has 0 bridgehead atoms. The van der Waals surface area contributed by atoms with E-state index in [9.17, 15) is 13.2 Å². The van der Waals surface area contributed by atoms with Crippen molar-refractivity contribution in [2.45, 2.75) is 31.1 Å². The van der Waals surface area contributed by atoms with E-state index in [1.54, 1.807) is 0 Å². The van der Waals surface area contributed by atoms with Gasteiger partial charge in [-0.15, -0.1) is 0 Å². The molecule has 1 heterocycles. The normalized spacial score (nSPS) is 17.9. The zero-order valence-corrected chi connectivity index (χ0v) is 10.5. The quantitative estimate of drug-likeness (QED) is 0.819. The molecule has 0 atom stereocenters. The van der Waals surface area contributed by atoms with E-state index in [1.165, 1.54) is 18.3 Å². The summed E-state index contributed by atoms with van der Waals surface area (Å²) < 4.78 is 26.4. The Morgan fingerprint density at radius 2 is 2.12 bits per heavy atom. The van der Waals surface area contributed by atoms with Crippen molar-refractivity contribution in [3.8, 4) is 0 Å². The number of hydrogen-bond donors (Lipinski definition) is 2. The Morgan fingerprint density at radius 1 is 1.41 bits per heavy atom. The Hall–Kier alpha value is -1.14. The zero-order valence-electron chi connectivity index (χ0n) is 9.69. The van der Waals surface area contributed by atoms with Crippen molar-refractivity contribution in [2.75, 3.05) is 6.54 Å². The van der Waals surface area contributed by atoms with Crippen LogP contribution in [0.5, 0.6) is 0 Å². The van der Waals surface area contributed by atoms with Crippen LogP contribution in [0.15, 0.2) is 28.0 Å². The average Bonchev–Trinajstić information content (AvgIpc) is 3.08. The number of sulfonamides is 1. The van der Waals surface area contributed by atoms with Crippen LogP contribution in [0.1, 0.15) is 26.2 Å². The zero-order chi connectivity index (χ0) is 12.5. The molecule has 1 saturated carbocycles. The van der Waals surface area contributed by atoms with Crippen LogP contribution in [0, 0.1) is 5.41 Å². The van der Waals surface area contributed by atoms with Crippen molar-refractivity contribution < 1.29 is 8.42 Å². The van der Waals surface area contributed by atoms with Crippen LogP contribution in [0.3, 0.4) is 0 Å². The van der Waals surface area contributed by atoms with Gasteiger partial charge in [-0.2, -0.15) is 0 Å². The van der Waals surface area contributed by atoms with Gasteiger partial charge in [-0.25, -0.2) is 13.1 Å². The molecule has 0 aliphatic heterocycles. The highest BCUT2D eigenvalue weighted by Gasteiger charge is 2.41. The second-order valence-electron chi connectivity index (χ2n) is 4.57. The molecular weight excluding hydrogens is 240 g/mol. The first-order valence-electron chi connectivity index (χ1n) is 5.66. The minimum atomic E-state index is -3.50. The Balaban J connectivity index is 2.09. The van der Waals surface area contributed by atoms with Crippen molar-refractivity contribution >= 4 is 10.0 Å². The smallest absolute Gasteiger partial charge is 0.247 e. The summed E-state index contributed by atoms with van der Waals surface area (Å²) in [5.41, 5.74) is -0.147. The number of pyridine rings is 1. The standard InChI is InChI=1S/C11H16N2O3S/c1-2-11(5-6-11)8-13-17(15,16)9-3-4-10(14)12-7-9/h3-4,7,13H,2,5-6,8H2,1H3,(H,12,14). The molecule has 1 aromatic heterocycles. The molecule has 0 unspecified atom stereocenters. The molecule has 0 spiro atoms. The lowest BCUT2D eigenvalue weighted by Gasteiger charge is -2.13. The van der Waals surface area contributed by atoms with Crippen LogP contribution in [0.25, 0.3) is 0 Å². The average molecular weight is 256 g/mol. The first-order chi connectivity index (χ1) is 7.97. The molecule has 0 aromatic carbocycles. The monoisotopic (exact) mass is 256 g/mol. The lowest BCUT2D eigenvalue weighted by Crippen LogP contribution is -2.30. The molecule has 0 amide bonds. The van der Waals surface area contributed by atoms with Crippen molar-refractivity contribution in [3.63, 3.8) is 0 Å². The van der Waals surface area contributed by atoms with Gasteiger partial charge in [0.25, 0.3) is 0 Å². The molecule has 2 rings (SSSR count). The Morgan fingerprint density at radius 3 is 2.59 bits per heavy atom. The lowest BCUT2D eigenvalue weighted by molar-refractivity contribution is 0.475. The highest BCUT2D eigenvalue weighted by atomic mass is 32.2. The molecule has 1 aromatic rings. The number of rotatable bonds is 5. The van der Waals surface area contributed by atoms with Gasteiger partial charge in [0.1, 0.15) is 0 Å². The molecule has 94 valence electrons. The van der Waals surface area contributed by atoms with Crippen molar-refractivity contribution in [1.82, 2.24) is 9.71 Å². The summed E-state index contributed by atoms with van der Waals surface area (Å²) >= 11 is 0. The fourth-order valence-corrected chi connectivity index (χ4v) is 2.85. The predicted octanol–water partition coefficient (Wildman–Crippen LogP) is 0.843. The van der Waals surface area contributed by atoms with Gasteiger partial charge in [-0.1, -0.05) is 6.92 Å². The van der Waals surface area contributed by atoms with E-state index >= 15 is 0 Å².